The first kappa shape index (κ1) is 12.4. The SMILES string of the molecule is Clc1ccc(-c2nnc(-c3ccccc3Br)o2)cc1. The van der Waals surface area contributed by atoms with Crippen LogP contribution in [0.15, 0.2) is 57.4 Å². The standard InChI is InChI=1S/C14H8BrClN2O/c15-12-4-2-1-3-11(12)14-18-17-13(19-14)9-5-7-10(16)8-6-9/h1-8H. The van der Waals surface area contributed by atoms with Crippen molar-refractivity contribution in [1.29, 1.82) is 0 Å². The second kappa shape index (κ2) is 5.15. The molecule has 0 amide bonds. The van der Waals surface area contributed by atoms with E-state index in [9.17, 15) is 0 Å². The average molecular weight is 336 g/mol. The van der Waals surface area contributed by atoms with E-state index in [1.165, 1.54) is 0 Å². The molecular weight excluding hydrogens is 328 g/mol. The van der Waals surface area contributed by atoms with E-state index in [4.69, 9.17) is 16.0 Å². The Morgan fingerprint density at radius 3 is 2.32 bits per heavy atom. The molecule has 1 aromatic heterocycles. The van der Waals surface area contributed by atoms with Gasteiger partial charge in [0, 0.05) is 15.1 Å². The van der Waals surface area contributed by atoms with Crippen LogP contribution >= 0.6 is 27.5 Å². The van der Waals surface area contributed by atoms with Crippen LogP contribution in [0.4, 0.5) is 0 Å². The average Bonchev–Trinajstić information content (AvgIpc) is 2.89. The van der Waals surface area contributed by atoms with Gasteiger partial charge in [-0.1, -0.05) is 23.7 Å². The lowest BCUT2D eigenvalue weighted by atomic mass is 10.2. The molecule has 0 saturated carbocycles. The van der Waals surface area contributed by atoms with Crippen molar-refractivity contribution < 1.29 is 4.42 Å². The van der Waals surface area contributed by atoms with Crippen molar-refractivity contribution in [3.63, 3.8) is 0 Å². The Kier molecular flexibility index (Phi) is 3.36. The molecule has 3 aromatic rings. The predicted molar refractivity (Wildman–Crippen MR) is 77.9 cm³/mol. The summed E-state index contributed by atoms with van der Waals surface area (Å²) in [6.45, 7) is 0. The van der Waals surface area contributed by atoms with Gasteiger partial charge in [0.15, 0.2) is 0 Å². The molecule has 94 valence electrons. The number of benzene rings is 2. The molecular formula is C14H8BrClN2O. The van der Waals surface area contributed by atoms with Crippen molar-refractivity contribution >= 4 is 27.5 Å². The summed E-state index contributed by atoms with van der Waals surface area (Å²) in [4.78, 5) is 0. The monoisotopic (exact) mass is 334 g/mol. The second-order valence-electron chi connectivity index (χ2n) is 3.90. The normalized spacial score (nSPS) is 10.6. The third-order valence-corrected chi connectivity index (χ3v) is 3.56. The highest BCUT2D eigenvalue weighted by Gasteiger charge is 2.12. The molecule has 0 saturated heterocycles. The van der Waals surface area contributed by atoms with Crippen molar-refractivity contribution in [2.75, 3.05) is 0 Å². The molecule has 3 nitrogen and oxygen atoms in total. The zero-order valence-corrected chi connectivity index (χ0v) is 12.0. The molecule has 0 spiro atoms. The molecule has 5 heteroatoms. The van der Waals surface area contributed by atoms with Crippen LogP contribution in [0.25, 0.3) is 22.9 Å². The van der Waals surface area contributed by atoms with Crippen LogP contribution in [0.5, 0.6) is 0 Å². The molecule has 19 heavy (non-hydrogen) atoms. The number of aromatic nitrogens is 2. The molecule has 0 atom stereocenters. The van der Waals surface area contributed by atoms with Gasteiger partial charge in [-0.2, -0.15) is 0 Å². The molecule has 0 radical (unpaired) electrons. The van der Waals surface area contributed by atoms with Crippen LogP contribution in [-0.4, -0.2) is 10.2 Å². The van der Waals surface area contributed by atoms with Crippen LogP contribution in [0.1, 0.15) is 0 Å². The summed E-state index contributed by atoms with van der Waals surface area (Å²) < 4.78 is 6.60. The topological polar surface area (TPSA) is 38.9 Å². The van der Waals surface area contributed by atoms with Gasteiger partial charge in [0.05, 0.1) is 5.56 Å². The smallest absolute Gasteiger partial charge is 0.249 e. The second-order valence-corrected chi connectivity index (χ2v) is 5.19. The number of hydrogen-bond donors (Lipinski definition) is 0. The largest absolute Gasteiger partial charge is 0.416 e. The van der Waals surface area contributed by atoms with Gasteiger partial charge in [0.2, 0.25) is 11.8 Å². The van der Waals surface area contributed by atoms with Gasteiger partial charge in [-0.25, -0.2) is 0 Å². The van der Waals surface area contributed by atoms with Gasteiger partial charge in [-0.3, -0.25) is 0 Å². The number of hydrogen-bond acceptors (Lipinski definition) is 3. The zero-order valence-electron chi connectivity index (χ0n) is 9.68. The van der Waals surface area contributed by atoms with Gasteiger partial charge >= 0.3 is 0 Å². The quantitative estimate of drug-likeness (QED) is 0.674. The fourth-order valence-corrected chi connectivity index (χ4v) is 2.26. The highest BCUT2D eigenvalue weighted by molar-refractivity contribution is 9.10. The van der Waals surface area contributed by atoms with Crippen molar-refractivity contribution in [1.82, 2.24) is 10.2 Å². The molecule has 0 aliphatic heterocycles. The van der Waals surface area contributed by atoms with Gasteiger partial charge in [0.1, 0.15) is 0 Å². The maximum atomic E-state index is 5.85. The third-order valence-electron chi connectivity index (χ3n) is 2.62. The first-order valence-electron chi connectivity index (χ1n) is 5.58. The van der Waals surface area contributed by atoms with E-state index in [1.807, 2.05) is 36.4 Å². The Balaban J connectivity index is 2.00. The highest BCUT2D eigenvalue weighted by atomic mass is 79.9. The fraction of sp³-hybridized carbons (Fsp3) is 0. The summed E-state index contributed by atoms with van der Waals surface area (Å²) in [5.74, 6) is 0.958. The summed E-state index contributed by atoms with van der Waals surface area (Å²) >= 11 is 9.31. The summed E-state index contributed by atoms with van der Waals surface area (Å²) in [5, 5.41) is 8.79. The van der Waals surface area contributed by atoms with E-state index in [0.29, 0.717) is 16.8 Å². The molecule has 3 rings (SSSR count). The first-order chi connectivity index (χ1) is 9.24. The molecule has 1 heterocycles. The van der Waals surface area contributed by atoms with Crippen molar-refractivity contribution in [2.24, 2.45) is 0 Å². The predicted octanol–water partition coefficient (Wildman–Crippen LogP) is 4.82. The molecule has 2 aromatic carbocycles. The molecule has 0 aliphatic rings. The van der Waals surface area contributed by atoms with Crippen molar-refractivity contribution in [3.8, 4) is 22.9 Å². The van der Waals surface area contributed by atoms with Crippen molar-refractivity contribution in [2.45, 2.75) is 0 Å². The van der Waals surface area contributed by atoms with Gasteiger partial charge in [-0.05, 0) is 52.3 Å². The van der Waals surface area contributed by atoms with Crippen LogP contribution in [0, 0.1) is 0 Å². The minimum atomic E-state index is 0.474. The van der Waals surface area contributed by atoms with Gasteiger partial charge < -0.3 is 4.42 Å². The number of nitrogens with zero attached hydrogens (tertiary/aromatic N) is 2. The molecule has 0 N–H and O–H groups in total. The fourth-order valence-electron chi connectivity index (χ4n) is 1.68. The van der Waals surface area contributed by atoms with Crippen molar-refractivity contribution in [3.05, 3.63) is 58.0 Å². The van der Waals surface area contributed by atoms with E-state index < -0.39 is 0 Å². The summed E-state index contributed by atoms with van der Waals surface area (Å²) in [6.07, 6.45) is 0. The van der Waals surface area contributed by atoms with E-state index in [1.54, 1.807) is 12.1 Å². The Labute approximate surface area is 123 Å². The lowest BCUT2D eigenvalue weighted by Crippen LogP contribution is -1.78. The first-order valence-corrected chi connectivity index (χ1v) is 6.75. The molecule has 0 bridgehead atoms. The van der Waals surface area contributed by atoms with E-state index >= 15 is 0 Å². The van der Waals surface area contributed by atoms with Crippen LogP contribution < -0.4 is 0 Å². The van der Waals surface area contributed by atoms with Gasteiger partial charge in [0.25, 0.3) is 0 Å². The van der Waals surface area contributed by atoms with Crippen LogP contribution in [0.3, 0.4) is 0 Å². The maximum absolute atomic E-state index is 5.85. The van der Waals surface area contributed by atoms with E-state index in [-0.39, 0.29) is 0 Å². The Hall–Kier alpha value is -1.65. The summed E-state index contributed by atoms with van der Waals surface area (Å²) in [6, 6.07) is 15.0. The van der Waals surface area contributed by atoms with E-state index in [0.717, 1.165) is 15.6 Å². The lowest BCUT2D eigenvalue weighted by Gasteiger charge is -1.97. The van der Waals surface area contributed by atoms with E-state index in [2.05, 4.69) is 26.1 Å². The molecule has 0 aliphatic carbocycles. The zero-order chi connectivity index (χ0) is 13.2. The minimum absolute atomic E-state index is 0.474. The molecule has 0 fully saturated rings. The lowest BCUT2D eigenvalue weighted by molar-refractivity contribution is 0.584. The number of rotatable bonds is 2. The maximum Gasteiger partial charge on any atom is 0.249 e. The minimum Gasteiger partial charge on any atom is -0.416 e. The Morgan fingerprint density at radius 1 is 0.895 bits per heavy atom. The summed E-state index contributed by atoms with van der Waals surface area (Å²) in [5.41, 5.74) is 1.71. The summed E-state index contributed by atoms with van der Waals surface area (Å²) in [7, 11) is 0. The third kappa shape index (κ3) is 2.55. The Morgan fingerprint density at radius 2 is 1.58 bits per heavy atom. The van der Waals surface area contributed by atoms with Crippen LogP contribution in [-0.2, 0) is 0 Å². The van der Waals surface area contributed by atoms with Gasteiger partial charge in [-0.15, -0.1) is 10.2 Å². The molecule has 0 unspecified atom stereocenters. The van der Waals surface area contributed by atoms with Crippen LogP contribution in [0.2, 0.25) is 5.02 Å². The number of halogens is 2. The Bertz CT molecular complexity index is 709. The highest BCUT2D eigenvalue weighted by Crippen LogP contribution is 2.29.